The minimum atomic E-state index is -0.0548. The third kappa shape index (κ3) is 6.14. The molecule has 0 aromatic heterocycles. The van der Waals surface area contributed by atoms with Gasteiger partial charge in [0, 0.05) is 29.2 Å². The lowest BCUT2D eigenvalue weighted by molar-refractivity contribution is -0.116. The molecule has 24 heavy (non-hydrogen) atoms. The van der Waals surface area contributed by atoms with Crippen molar-refractivity contribution in [1.82, 2.24) is 5.32 Å². The highest BCUT2D eigenvalue weighted by Gasteiger charge is 2.03. The van der Waals surface area contributed by atoms with E-state index < -0.39 is 0 Å². The Hall–Kier alpha value is -2.17. The van der Waals surface area contributed by atoms with Crippen molar-refractivity contribution in [2.24, 2.45) is 0 Å². The van der Waals surface area contributed by atoms with Crippen molar-refractivity contribution in [1.29, 1.82) is 0 Å². The molecule has 0 saturated heterocycles. The molecule has 0 heterocycles. The van der Waals surface area contributed by atoms with Crippen LogP contribution >= 0.6 is 11.6 Å². The first-order valence-electron chi connectivity index (χ1n) is 7.90. The number of anilines is 1. The van der Waals surface area contributed by atoms with Gasteiger partial charge in [-0.15, -0.1) is 0 Å². The second-order valence-electron chi connectivity index (χ2n) is 5.56. The van der Waals surface area contributed by atoms with Gasteiger partial charge in [-0.3, -0.25) is 9.59 Å². The third-order valence-electron chi connectivity index (χ3n) is 3.58. The maximum absolute atomic E-state index is 11.9. The van der Waals surface area contributed by atoms with Crippen molar-refractivity contribution >= 4 is 29.0 Å². The van der Waals surface area contributed by atoms with Crippen LogP contribution in [0.2, 0.25) is 5.02 Å². The van der Waals surface area contributed by atoms with Crippen LogP contribution in [0.25, 0.3) is 0 Å². The number of rotatable bonds is 8. The van der Waals surface area contributed by atoms with Crippen molar-refractivity contribution < 1.29 is 9.59 Å². The summed E-state index contributed by atoms with van der Waals surface area (Å²) >= 11 is 5.94. The number of carbonyl (C=O) groups excluding carboxylic acids is 2. The normalized spacial score (nSPS) is 10.4. The molecule has 0 atom stereocenters. The van der Waals surface area contributed by atoms with Gasteiger partial charge in [-0.05, 0) is 61.9 Å². The summed E-state index contributed by atoms with van der Waals surface area (Å²) in [7, 11) is 0. The Morgan fingerprint density at radius 3 is 2.46 bits per heavy atom. The van der Waals surface area contributed by atoms with E-state index in [9.17, 15) is 9.59 Å². The quantitative estimate of drug-likeness (QED) is 0.567. The molecule has 0 bridgehead atoms. The number of hydrogen-bond donors (Lipinski definition) is 2. The van der Waals surface area contributed by atoms with E-state index in [1.54, 1.807) is 24.3 Å². The van der Waals surface area contributed by atoms with Crippen LogP contribution < -0.4 is 10.6 Å². The summed E-state index contributed by atoms with van der Waals surface area (Å²) in [5.41, 5.74) is 2.50. The Balaban J connectivity index is 1.65. The third-order valence-corrected chi connectivity index (χ3v) is 3.82. The van der Waals surface area contributed by atoms with Crippen LogP contribution in [0, 0.1) is 0 Å². The van der Waals surface area contributed by atoms with Crippen LogP contribution in [0.1, 0.15) is 29.3 Å². The summed E-state index contributed by atoms with van der Waals surface area (Å²) in [6.45, 7) is 2.92. The molecular weight excluding hydrogens is 324 g/mol. The molecule has 1 amide bonds. The topological polar surface area (TPSA) is 58.2 Å². The summed E-state index contributed by atoms with van der Waals surface area (Å²) in [6, 6.07) is 14.7. The van der Waals surface area contributed by atoms with Gasteiger partial charge in [-0.25, -0.2) is 0 Å². The fourth-order valence-electron chi connectivity index (χ4n) is 2.26. The van der Waals surface area contributed by atoms with Gasteiger partial charge in [0.2, 0.25) is 5.91 Å². The van der Waals surface area contributed by atoms with E-state index in [0.717, 1.165) is 18.0 Å². The minimum Gasteiger partial charge on any atom is -0.326 e. The molecule has 0 spiro atoms. The molecule has 2 aromatic rings. The van der Waals surface area contributed by atoms with E-state index in [1.807, 2.05) is 24.3 Å². The first-order chi connectivity index (χ1) is 11.5. The number of hydrogen-bond acceptors (Lipinski definition) is 3. The van der Waals surface area contributed by atoms with Gasteiger partial charge in [0.25, 0.3) is 0 Å². The molecule has 5 heteroatoms. The summed E-state index contributed by atoms with van der Waals surface area (Å²) < 4.78 is 0. The number of Topliss-reactive ketones (excluding diaryl/α,β-unsaturated/α-hetero) is 1. The largest absolute Gasteiger partial charge is 0.326 e. The lowest BCUT2D eigenvalue weighted by atomic mass is 10.1. The van der Waals surface area contributed by atoms with Gasteiger partial charge in [0.1, 0.15) is 0 Å². The molecule has 0 aliphatic carbocycles. The number of amides is 1. The van der Waals surface area contributed by atoms with Gasteiger partial charge in [0.05, 0.1) is 0 Å². The van der Waals surface area contributed by atoms with Gasteiger partial charge in [0.15, 0.2) is 5.78 Å². The van der Waals surface area contributed by atoms with Crippen molar-refractivity contribution in [3.63, 3.8) is 0 Å². The predicted molar refractivity (Wildman–Crippen MR) is 97.7 cm³/mol. The van der Waals surface area contributed by atoms with E-state index in [4.69, 9.17) is 11.6 Å². The zero-order valence-corrected chi connectivity index (χ0v) is 14.4. The highest BCUT2D eigenvalue weighted by Crippen LogP contribution is 2.11. The summed E-state index contributed by atoms with van der Waals surface area (Å²) in [6.07, 6.45) is 1.26. The molecule has 126 valence electrons. The molecule has 2 aromatic carbocycles. The summed E-state index contributed by atoms with van der Waals surface area (Å²) in [5.74, 6) is -0.0439. The van der Waals surface area contributed by atoms with Crippen molar-refractivity contribution in [2.75, 3.05) is 18.4 Å². The maximum Gasteiger partial charge on any atom is 0.225 e. The summed E-state index contributed by atoms with van der Waals surface area (Å²) in [4.78, 5) is 23.1. The maximum atomic E-state index is 11.9. The van der Waals surface area contributed by atoms with Crippen LogP contribution in [-0.2, 0) is 11.2 Å². The highest BCUT2D eigenvalue weighted by atomic mass is 35.5. The number of halogens is 1. The van der Waals surface area contributed by atoms with Crippen LogP contribution in [0.4, 0.5) is 5.69 Å². The molecule has 2 N–H and O–H groups in total. The average Bonchev–Trinajstić information content (AvgIpc) is 2.55. The van der Waals surface area contributed by atoms with Gasteiger partial charge in [-0.1, -0.05) is 23.7 Å². The molecule has 4 nitrogen and oxygen atoms in total. The monoisotopic (exact) mass is 344 g/mol. The van der Waals surface area contributed by atoms with E-state index in [-0.39, 0.29) is 11.7 Å². The lowest BCUT2D eigenvalue weighted by Gasteiger charge is -2.07. The Labute approximate surface area is 147 Å². The molecule has 0 radical (unpaired) electrons. The second kappa shape index (κ2) is 9.21. The average molecular weight is 345 g/mol. The van der Waals surface area contributed by atoms with E-state index >= 15 is 0 Å². The zero-order chi connectivity index (χ0) is 17.4. The number of carbonyl (C=O) groups is 2. The number of nitrogens with one attached hydrogen (secondary N) is 2. The second-order valence-corrected chi connectivity index (χ2v) is 6.00. The van der Waals surface area contributed by atoms with Crippen LogP contribution in [0.15, 0.2) is 48.5 Å². The Morgan fingerprint density at radius 1 is 1.04 bits per heavy atom. The fourth-order valence-corrected chi connectivity index (χ4v) is 2.48. The molecule has 0 aliphatic heterocycles. The first-order valence-corrected chi connectivity index (χ1v) is 8.28. The van der Waals surface area contributed by atoms with Crippen molar-refractivity contribution in [3.8, 4) is 0 Å². The smallest absolute Gasteiger partial charge is 0.225 e. The van der Waals surface area contributed by atoms with E-state index in [0.29, 0.717) is 24.2 Å². The Morgan fingerprint density at radius 2 is 1.79 bits per heavy atom. The van der Waals surface area contributed by atoms with Gasteiger partial charge in [-0.2, -0.15) is 0 Å². The van der Waals surface area contributed by atoms with Gasteiger partial charge >= 0.3 is 0 Å². The van der Waals surface area contributed by atoms with Crippen LogP contribution in [0.5, 0.6) is 0 Å². The molecule has 0 fully saturated rings. The van der Waals surface area contributed by atoms with Crippen LogP contribution in [0.3, 0.4) is 0 Å². The molecule has 0 aliphatic rings. The van der Waals surface area contributed by atoms with E-state index in [2.05, 4.69) is 10.6 Å². The minimum absolute atomic E-state index is 0.0109. The van der Waals surface area contributed by atoms with Gasteiger partial charge < -0.3 is 10.6 Å². The molecule has 0 saturated carbocycles. The Bertz CT molecular complexity index is 699. The molecule has 2 rings (SSSR count). The van der Waals surface area contributed by atoms with Crippen LogP contribution in [-0.4, -0.2) is 24.8 Å². The van der Waals surface area contributed by atoms with E-state index in [1.165, 1.54) is 12.5 Å². The summed E-state index contributed by atoms with van der Waals surface area (Å²) in [5, 5.41) is 6.80. The number of ketones is 1. The first kappa shape index (κ1) is 18.2. The zero-order valence-electron chi connectivity index (χ0n) is 13.6. The predicted octanol–water partition coefficient (Wildman–Crippen LogP) is 3.70. The standard InChI is InChI=1S/C19H21ClN2O2/c1-14(23)16-5-7-18(8-6-16)22-19(24)10-12-21-11-9-15-3-2-4-17(20)13-15/h2-8,13,21H,9-12H2,1H3,(H,22,24). The molecular formula is C19H21ClN2O2. The van der Waals surface area contributed by atoms with Crippen molar-refractivity contribution in [3.05, 3.63) is 64.7 Å². The fraction of sp³-hybridized carbons (Fsp3) is 0.263. The molecule has 0 unspecified atom stereocenters. The highest BCUT2D eigenvalue weighted by molar-refractivity contribution is 6.30. The lowest BCUT2D eigenvalue weighted by Crippen LogP contribution is -2.23. The number of benzene rings is 2. The Kier molecular flexibility index (Phi) is 6.97. The van der Waals surface area contributed by atoms with Crippen molar-refractivity contribution in [2.45, 2.75) is 19.8 Å². The SMILES string of the molecule is CC(=O)c1ccc(NC(=O)CCNCCc2cccc(Cl)c2)cc1.